The van der Waals surface area contributed by atoms with Crippen LogP contribution in [0.2, 0.25) is 5.02 Å². The van der Waals surface area contributed by atoms with Crippen LogP contribution in [-0.2, 0) is 0 Å². The number of amides is 1. The number of likely N-dealkylation sites (tertiary alicyclic amines) is 1. The molecule has 0 N–H and O–H groups in total. The molecule has 1 fully saturated rings. The van der Waals surface area contributed by atoms with E-state index in [0.717, 1.165) is 18.4 Å². The van der Waals surface area contributed by atoms with E-state index in [2.05, 4.69) is 10.1 Å². The maximum atomic E-state index is 12.8. The van der Waals surface area contributed by atoms with Crippen LogP contribution in [0.3, 0.4) is 0 Å². The number of carbonyl (C=O) groups is 1. The van der Waals surface area contributed by atoms with Crippen LogP contribution in [0.5, 0.6) is 0 Å². The molecule has 0 unspecified atom stereocenters. The Balaban J connectivity index is 1.51. The molecule has 6 heteroatoms. The summed E-state index contributed by atoms with van der Waals surface area (Å²) in [7, 11) is 0. The maximum Gasteiger partial charge on any atom is 0.255 e. The van der Waals surface area contributed by atoms with Crippen LogP contribution in [0, 0.1) is 6.92 Å². The van der Waals surface area contributed by atoms with E-state index in [0.29, 0.717) is 35.4 Å². The Labute approximate surface area is 163 Å². The minimum Gasteiger partial charge on any atom is -0.339 e. The van der Waals surface area contributed by atoms with Gasteiger partial charge in [-0.3, -0.25) is 4.79 Å². The molecule has 3 aromatic rings. The highest BCUT2D eigenvalue weighted by molar-refractivity contribution is 6.33. The number of halogens is 1. The van der Waals surface area contributed by atoms with E-state index in [1.165, 1.54) is 5.56 Å². The van der Waals surface area contributed by atoms with Gasteiger partial charge in [0.15, 0.2) is 0 Å². The number of nitrogens with zero attached hydrogens (tertiary/aromatic N) is 3. The molecule has 0 aliphatic carbocycles. The van der Waals surface area contributed by atoms with Crippen LogP contribution >= 0.6 is 11.6 Å². The first kappa shape index (κ1) is 17.7. The summed E-state index contributed by atoms with van der Waals surface area (Å²) in [5.74, 6) is 1.15. The average molecular weight is 382 g/mol. The predicted molar refractivity (Wildman–Crippen MR) is 104 cm³/mol. The Bertz CT molecular complexity index is 952. The molecular weight excluding hydrogens is 362 g/mol. The van der Waals surface area contributed by atoms with Gasteiger partial charge >= 0.3 is 0 Å². The molecule has 27 heavy (non-hydrogen) atoms. The van der Waals surface area contributed by atoms with Gasteiger partial charge in [-0.1, -0.05) is 58.7 Å². The van der Waals surface area contributed by atoms with Crippen molar-refractivity contribution < 1.29 is 9.32 Å². The van der Waals surface area contributed by atoms with Crippen molar-refractivity contribution in [3.05, 3.63) is 70.6 Å². The third kappa shape index (κ3) is 3.74. The van der Waals surface area contributed by atoms with Crippen molar-refractivity contribution in [2.45, 2.75) is 25.7 Å². The molecule has 1 atom stereocenters. The van der Waals surface area contributed by atoms with Gasteiger partial charge in [0.05, 0.1) is 16.5 Å². The Kier molecular flexibility index (Phi) is 4.94. The molecule has 5 nitrogen and oxygen atoms in total. The topological polar surface area (TPSA) is 59.2 Å². The van der Waals surface area contributed by atoms with Gasteiger partial charge in [0.2, 0.25) is 11.7 Å². The fraction of sp³-hybridized carbons (Fsp3) is 0.286. The van der Waals surface area contributed by atoms with Gasteiger partial charge in [0.1, 0.15) is 0 Å². The molecule has 0 spiro atoms. The van der Waals surface area contributed by atoms with Crippen molar-refractivity contribution >= 4 is 17.5 Å². The number of hydrogen-bond donors (Lipinski definition) is 0. The molecule has 2 aromatic carbocycles. The molecule has 138 valence electrons. The molecule has 4 rings (SSSR count). The fourth-order valence-electron chi connectivity index (χ4n) is 3.39. The van der Waals surface area contributed by atoms with E-state index in [9.17, 15) is 4.79 Å². The van der Waals surface area contributed by atoms with Crippen LogP contribution in [0.25, 0.3) is 11.4 Å². The number of carbonyl (C=O) groups excluding carboxylic acids is 1. The normalized spacial score (nSPS) is 17.1. The lowest BCUT2D eigenvalue weighted by Gasteiger charge is -2.31. The number of benzene rings is 2. The number of rotatable bonds is 3. The van der Waals surface area contributed by atoms with Crippen LogP contribution in [0.15, 0.2) is 53.1 Å². The van der Waals surface area contributed by atoms with E-state index in [-0.39, 0.29) is 11.8 Å². The molecular formula is C21H20ClN3O2. The molecule has 1 aromatic heterocycles. The van der Waals surface area contributed by atoms with E-state index < -0.39 is 0 Å². The first-order valence-corrected chi connectivity index (χ1v) is 9.44. The Hall–Kier alpha value is -2.66. The molecule has 1 saturated heterocycles. The number of hydrogen-bond acceptors (Lipinski definition) is 4. The summed E-state index contributed by atoms with van der Waals surface area (Å²) in [6.07, 6.45) is 1.81. The lowest BCUT2D eigenvalue weighted by atomic mass is 9.97. The molecule has 2 heterocycles. The van der Waals surface area contributed by atoms with Crippen molar-refractivity contribution in [1.29, 1.82) is 0 Å². The maximum absolute atomic E-state index is 12.8. The van der Waals surface area contributed by atoms with Crippen LogP contribution in [0.4, 0.5) is 0 Å². The van der Waals surface area contributed by atoms with E-state index in [1.54, 1.807) is 12.1 Å². The zero-order valence-electron chi connectivity index (χ0n) is 15.1. The zero-order chi connectivity index (χ0) is 18.8. The molecule has 1 amide bonds. The van der Waals surface area contributed by atoms with Gasteiger partial charge in [-0.25, -0.2) is 0 Å². The van der Waals surface area contributed by atoms with Gasteiger partial charge < -0.3 is 9.42 Å². The second kappa shape index (κ2) is 7.53. The number of aryl methyl sites for hydroxylation is 1. The Morgan fingerprint density at radius 3 is 2.74 bits per heavy atom. The van der Waals surface area contributed by atoms with Crippen LogP contribution in [-0.4, -0.2) is 34.0 Å². The van der Waals surface area contributed by atoms with Crippen molar-refractivity contribution in [1.82, 2.24) is 15.0 Å². The summed E-state index contributed by atoms with van der Waals surface area (Å²) in [5, 5.41) is 4.60. The quantitative estimate of drug-likeness (QED) is 0.658. The predicted octanol–water partition coefficient (Wildman–Crippen LogP) is 4.72. The average Bonchev–Trinajstić information content (AvgIpc) is 3.19. The summed E-state index contributed by atoms with van der Waals surface area (Å²) in [6, 6.07) is 15.2. The molecule has 0 bridgehead atoms. The van der Waals surface area contributed by atoms with E-state index >= 15 is 0 Å². The molecule has 1 aliphatic rings. The van der Waals surface area contributed by atoms with Crippen molar-refractivity contribution in [3.8, 4) is 11.4 Å². The summed E-state index contributed by atoms with van der Waals surface area (Å²) >= 11 is 6.19. The summed E-state index contributed by atoms with van der Waals surface area (Å²) in [6.45, 7) is 3.30. The minimum atomic E-state index is -0.0522. The largest absolute Gasteiger partial charge is 0.339 e. The second-order valence-electron chi connectivity index (χ2n) is 6.89. The van der Waals surface area contributed by atoms with E-state index in [4.69, 9.17) is 16.1 Å². The summed E-state index contributed by atoms with van der Waals surface area (Å²) in [5.41, 5.74) is 2.64. The van der Waals surface area contributed by atoms with Crippen LogP contribution in [0.1, 0.15) is 40.6 Å². The minimum absolute atomic E-state index is 0.0388. The highest BCUT2D eigenvalue weighted by Gasteiger charge is 2.29. The standard InChI is InChI=1S/C21H20ClN3O2/c1-14-8-10-15(11-9-14)19-23-20(27-24-19)16-5-4-12-25(13-16)21(26)17-6-2-3-7-18(17)22/h2-3,6-11,16H,4-5,12-13H2,1H3/t16-/m1/s1. The third-order valence-electron chi connectivity index (χ3n) is 4.91. The third-order valence-corrected chi connectivity index (χ3v) is 5.24. The lowest BCUT2D eigenvalue weighted by Crippen LogP contribution is -2.39. The number of aromatic nitrogens is 2. The SMILES string of the molecule is Cc1ccc(-c2noc([C@@H]3CCCN(C(=O)c4ccccc4Cl)C3)n2)cc1. The highest BCUT2D eigenvalue weighted by Crippen LogP contribution is 2.29. The van der Waals surface area contributed by atoms with Gasteiger partial charge in [-0.05, 0) is 31.9 Å². The van der Waals surface area contributed by atoms with Crippen LogP contribution < -0.4 is 0 Å². The van der Waals surface area contributed by atoms with E-state index in [1.807, 2.05) is 48.2 Å². The molecule has 0 saturated carbocycles. The van der Waals surface area contributed by atoms with Crippen molar-refractivity contribution in [2.24, 2.45) is 0 Å². The highest BCUT2D eigenvalue weighted by atomic mass is 35.5. The van der Waals surface area contributed by atoms with Crippen molar-refractivity contribution in [2.75, 3.05) is 13.1 Å². The second-order valence-corrected chi connectivity index (χ2v) is 7.30. The number of piperidine rings is 1. The Morgan fingerprint density at radius 2 is 1.96 bits per heavy atom. The first-order chi connectivity index (χ1) is 13.1. The first-order valence-electron chi connectivity index (χ1n) is 9.06. The summed E-state index contributed by atoms with van der Waals surface area (Å²) < 4.78 is 5.52. The molecule has 1 aliphatic heterocycles. The monoisotopic (exact) mass is 381 g/mol. The molecule has 0 radical (unpaired) electrons. The van der Waals surface area contributed by atoms with Gasteiger partial charge in [-0.15, -0.1) is 0 Å². The van der Waals surface area contributed by atoms with Gasteiger partial charge in [0.25, 0.3) is 5.91 Å². The van der Waals surface area contributed by atoms with Gasteiger partial charge in [-0.2, -0.15) is 4.98 Å². The zero-order valence-corrected chi connectivity index (χ0v) is 15.8. The summed E-state index contributed by atoms with van der Waals surface area (Å²) in [4.78, 5) is 19.2. The lowest BCUT2D eigenvalue weighted by molar-refractivity contribution is 0.0696. The smallest absolute Gasteiger partial charge is 0.255 e. The Morgan fingerprint density at radius 1 is 1.19 bits per heavy atom. The van der Waals surface area contributed by atoms with Gasteiger partial charge in [0, 0.05) is 18.7 Å². The van der Waals surface area contributed by atoms with Crippen molar-refractivity contribution in [3.63, 3.8) is 0 Å². The fourth-order valence-corrected chi connectivity index (χ4v) is 3.61.